The molecule has 0 radical (unpaired) electrons. The van der Waals surface area contributed by atoms with E-state index in [0.29, 0.717) is 13.2 Å². The number of hydrogen-bond donors (Lipinski definition) is 1. The number of para-hydroxylation sites is 2. The molecule has 122 valence electrons. The van der Waals surface area contributed by atoms with Gasteiger partial charge in [0.05, 0.1) is 24.4 Å². The number of alkyl halides is 3. The molecule has 1 aromatic rings. The van der Waals surface area contributed by atoms with Crippen LogP contribution in [0.2, 0.25) is 0 Å². The summed E-state index contributed by atoms with van der Waals surface area (Å²) in [6, 6.07) is 4.76. The Morgan fingerprint density at radius 1 is 1.36 bits per heavy atom. The summed E-state index contributed by atoms with van der Waals surface area (Å²) in [6.45, 7) is 4.42. The summed E-state index contributed by atoms with van der Waals surface area (Å²) in [4.78, 5) is 13.8. The fraction of sp³-hybridized carbons (Fsp3) is 0.500. The molecule has 1 aliphatic rings. The molecule has 22 heavy (non-hydrogen) atoms. The average Bonchev–Trinajstić information content (AvgIpc) is 2.42. The summed E-state index contributed by atoms with van der Waals surface area (Å²) in [5, 5.41) is 2.46. The minimum absolute atomic E-state index is 0.0313. The number of nitrogens with zero attached hydrogens (tertiary/aromatic N) is 1. The van der Waals surface area contributed by atoms with E-state index in [1.807, 2.05) is 13.8 Å². The molecular weight excluding hydrogens is 301 g/mol. The van der Waals surface area contributed by atoms with Crippen molar-refractivity contribution in [2.24, 2.45) is 0 Å². The van der Waals surface area contributed by atoms with Crippen molar-refractivity contribution < 1.29 is 27.4 Å². The Labute approximate surface area is 126 Å². The zero-order valence-electron chi connectivity index (χ0n) is 12.2. The van der Waals surface area contributed by atoms with Crippen LogP contribution in [0.15, 0.2) is 24.3 Å². The van der Waals surface area contributed by atoms with E-state index in [-0.39, 0.29) is 17.8 Å². The summed E-state index contributed by atoms with van der Waals surface area (Å²) in [7, 11) is 0. The second kappa shape index (κ2) is 6.43. The molecule has 2 atom stereocenters. The highest BCUT2D eigenvalue weighted by atomic mass is 19.4. The van der Waals surface area contributed by atoms with Crippen LogP contribution in [0.3, 0.4) is 0 Å². The number of nitrogens with one attached hydrogen (secondary N) is 1. The molecule has 5 nitrogen and oxygen atoms in total. The maximum absolute atomic E-state index is 12.4. The summed E-state index contributed by atoms with van der Waals surface area (Å²) in [5.41, 5.74) is -0.0313. The van der Waals surface area contributed by atoms with Gasteiger partial charge in [0.2, 0.25) is 0 Å². The van der Waals surface area contributed by atoms with Crippen LogP contribution in [0.5, 0.6) is 5.75 Å². The largest absolute Gasteiger partial charge is 0.573 e. The molecule has 0 bridgehead atoms. The highest BCUT2D eigenvalue weighted by Gasteiger charge is 2.33. The van der Waals surface area contributed by atoms with Crippen molar-refractivity contribution in [2.75, 3.05) is 18.5 Å². The van der Waals surface area contributed by atoms with Crippen LogP contribution in [0, 0.1) is 0 Å². The Morgan fingerprint density at radius 2 is 2.05 bits per heavy atom. The van der Waals surface area contributed by atoms with Gasteiger partial charge in [-0.05, 0) is 26.0 Å². The number of benzene rings is 1. The molecule has 1 saturated heterocycles. The molecule has 0 saturated carbocycles. The third-order valence-electron chi connectivity index (χ3n) is 3.50. The van der Waals surface area contributed by atoms with E-state index >= 15 is 0 Å². The Balaban J connectivity index is 2.11. The molecule has 0 spiro atoms. The lowest BCUT2D eigenvalue weighted by molar-refractivity contribution is -0.274. The SMILES string of the molecule is C[C@@H]1OCCN(C(=O)Nc2ccccc2OC(F)(F)F)[C@H]1C. The number of amides is 2. The Bertz CT molecular complexity index is 536. The van der Waals surface area contributed by atoms with Gasteiger partial charge in [0.15, 0.2) is 5.75 Å². The van der Waals surface area contributed by atoms with Gasteiger partial charge in [0.1, 0.15) is 0 Å². The van der Waals surface area contributed by atoms with E-state index in [9.17, 15) is 18.0 Å². The number of carbonyl (C=O) groups excluding carboxylic acids is 1. The number of carbonyl (C=O) groups is 1. The summed E-state index contributed by atoms with van der Waals surface area (Å²) in [6.07, 6.45) is -4.96. The zero-order valence-corrected chi connectivity index (χ0v) is 12.2. The maximum Gasteiger partial charge on any atom is 0.573 e. The Hall–Kier alpha value is -1.96. The molecule has 8 heteroatoms. The van der Waals surface area contributed by atoms with E-state index in [1.54, 1.807) is 0 Å². The van der Waals surface area contributed by atoms with Gasteiger partial charge in [-0.2, -0.15) is 0 Å². The molecule has 1 aliphatic heterocycles. The molecule has 2 amide bonds. The number of hydrogen-bond acceptors (Lipinski definition) is 3. The monoisotopic (exact) mass is 318 g/mol. The number of anilines is 1. The van der Waals surface area contributed by atoms with Crippen molar-refractivity contribution in [1.82, 2.24) is 4.90 Å². The molecule has 1 heterocycles. The number of morpholine rings is 1. The smallest absolute Gasteiger partial charge is 0.404 e. The van der Waals surface area contributed by atoms with Crippen molar-refractivity contribution in [1.29, 1.82) is 0 Å². The first-order chi connectivity index (χ1) is 10.3. The molecule has 2 rings (SSSR count). The van der Waals surface area contributed by atoms with Gasteiger partial charge >= 0.3 is 12.4 Å². The first-order valence-electron chi connectivity index (χ1n) is 6.82. The Kier molecular flexibility index (Phi) is 4.80. The molecule has 0 unspecified atom stereocenters. The van der Waals surface area contributed by atoms with Crippen LogP contribution in [-0.4, -0.2) is 42.6 Å². The first-order valence-corrected chi connectivity index (χ1v) is 6.82. The second-order valence-corrected chi connectivity index (χ2v) is 4.98. The third-order valence-corrected chi connectivity index (χ3v) is 3.50. The fourth-order valence-electron chi connectivity index (χ4n) is 2.19. The zero-order chi connectivity index (χ0) is 16.3. The van der Waals surface area contributed by atoms with Crippen LogP contribution < -0.4 is 10.1 Å². The van der Waals surface area contributed by atoms with Crippen LogP contribution in [0.25, 0.3) is 0 Å². The fourth-order valence-corrected chi connectivity index (χ4v) is 2.19. The third kappa shape index (κ3) is 4.03. The van der Waals surface area contributed by atoms with Crippen LogP contribution in [-0.2, 0) is 4.74 Å². The van der Waals surface area contributed by atoms with Gasteiger partial charge in [-0.25, -0.2) is 4.79 Å². The van der Waals surface area contributed by atoms with Crippen LogP contribution >= 0.6 is 0 Å². The van der Waals surface area contributed by atoms with Gasteiger partial charge in [-0.15, -0.1) is 13.2 Å². The Morgan fingerprint density at radius 3 is 2.73 bits per heavy atom. The highest BCUT2D eigenvalue weighted by Crippen LogP contribution is 2.30. The van der Waals surface area contributed by atoms with E-state index in [1.165, 1.54) is 23.1 Å². The van der Waals surface area contributed by atoms with E-state index in [0.717, 1.165) is 6.07 Å². The lowest BCUT2D eigenvalue weighted by atomic mass is 10.1. The van der Waals surface area contributed by atoms with Gasteiger partial charge < -0.3 is 19.7 Å². The quantitative estimate of drug-likeness (QED) is 0.911. The second-order valence-electron chi connectivity index (χ2n) is 4.98. The van der Waals surface area contributed by atoms with E-state index in [4.69, 9.17) is 4.74 Å². The molecule has 0 aliphatic carbocycles. The molecule has 1 aromatic carbocycles. The standard InChI is InChI=1S/C14H17F3N2O3/c1-9-10(2)21-8-7-19(9)13(20)18-11-5-3-4-6-12(11)22-14(15,16)17/h3-6,9-10H,7-8H2,1-2H3,(H,18,20)/t9-,10-/m0/s1. The van der Waals surface area contributed by atoms with Gasteiger partial charge in [-0.3, -0.25) is 0 Å². The first kappa shape index (κ1) is 16.4. The van der Waals surface area contributed by atoms with Crippen molar-refractivity contribution in [3.8, 4) is 5.75 Å². The topological polar surface area (TPSA) is 50.8 Å². The number of halogens is 3. The van der Waals surface area contributed by atoms with Crippen molar-refractivity contribution >= 4 is 11.7 Å². The van der Waals surface area contributed by atoms with Crippen molar-refractivity contribution in [3.05, 3.63) is 24.3 Å². The van der Waals surface area contributed by atoms with Crippen molar-refractivity contribution in [3.63, 3.8) is 0 Å². The summed E-state index contributed by atoms with van der Waals surface area (Å²) in [5.74, 6) is -0.447. The number of rotatable bonds is 2. The van der Waals surface area contributed by atoms with Gasteiger partial charge in [0, 0.05) is 6.54 Å². The summed E-state index contributed by atoms with van der Waals surface area (Å²) < 4.78 is 46.4. The average molecular weight is 318 g/mol. The van der Waals surface area contributed by atoms with Gasteiger partial charge in [-0.1, -0.05) is 12.1 Å². The van der Waals surface area contributed by atoms with Crippen molar-refractivity contribution in [2.45, 2.75) is 32.4 Å². The minimum Gasteiger partial charge on any atom is -0.404 e. The predicted octanol–water partition coefficient (Wildman–Crippen LogP) is 3.23. The molecule has 1 N–H and O–H groups in total. The normalized spacial score (nSPS) is 22.3. The highest BCUT2D eigenvalue weighted by molar-refractivity contribution is 5.91. The van der Waals surface area contributed by atoms with E-state index in [2.05, 4.69) is 10.1 Å². The van der Waals surface area contributed by atoms with Crippen LogP contribution in [0.4, 0.5) is 23.7 Å². The predicted molar refractivity (Wildman–Crippen MR) is 73.7 cm³/mol. The molecule has 1 fully saturated rings. The lowest BCUT2D eigenvalue weighted by Crippen LogP contribution is -2.52. The van der Waals surface area contributed by atoms with Gasteiger partial charge in [0.25, 0.3) is 0 Å². The molecular formula is C14H17F3N2O3. The van der Waals surface area contributed by atoms with E-state index < -0.39 is 18.1 Å². The lowest BCUT2D eigenvalue weighted by Gasteiger charge is -2.37. The number of urea groups is 1. The number of ether oxygens (including phenoxy) is 2. The molecule has 0 aromatic heterocycles. The maximum atomic E-state index is 12.4. The summed E-state index contributed by atoms with van der Waals surface area (Å²) >= 11 is 0. The minimum atomic E-state index is -4.82. The van der Waals surface area contributed by atoms with Crippen LogP contribution in [0.1, 0.15) is 13.8 Å².